The standard InChI is InChI=1S/C14H23NOS/c1-2-8-15-12-13-6-5-7-14(11-13)17-10-4-3-9-16/h5-7,11,15-16H,2-4,8-10,12H2,1H3. The average Bonchev–Trinajstić information content (AvgIpc) is 2.36. The molecule has 0 saturated heterocycles. The van der Waals surface area contributed by atoms with Crippen LogP contribution in [0, 0.1) is 0 Å². The molecule has 2 nitrogen and oxygen atoms in total. The van der Waals surface area contributed by atoms with E-state index < -0.39 is 0 Å². The lowest BCUT2D eigenvalue weighted by Gasteiger charge is -2.06. The molecule has 0 saturated carbocycles. The highest BCUT2D eigenvalue weighted by Gasteiger charge is 1.97. The first kappa shape index (κ1) is 14.6. The van der Waals surface area contributed by atoms with Gasteiger partial charge in [-0.15, -0.1) is 11.8 Å². The molecule has 0 radical (unpaired) electrons. The molecule has 0 atom stereocenters. The lowest BCUT2D eigenvalue weighted by Crippen LogP contribution is -2.13. The maximum Gasteiger partial charge on any atom is 0.0431 e. The summed E-state index contributed by atoms with van der Waals surface area (Å²) in [6, 6.07) is 8.71. The van der Waals surface area contributed by atoms with Gasteiger partial charge in [-0.3, -0.25) is 0 Å². The van der Waals surface area contributed by atoms with E-state index in [2.05, 4.69) is 36.5 Å². The van der Waals surface area contributed by atoms with E-state index in [1.807, 2.05) is 11.8 Å². The second-order valence-corrected chi connectivity index (χ2v) is 5.27. The third-order valence-corrected chi connectivity index (χ3v) is 3.56. The van der Waals surface area contributed by atoms with Crippen LogP contribution in [0.3, 0.4) is 0 Å². The molecular formula is C14H23NOS. The van der Waals surface area contributed by atoms with E-state index in [1.54, 1.807) is 0 Å². The number of hydrogen-bond acceptors (Lipinski definition) is 3. The van der Waals surface area contributed by atoms with Crippen LogP contribution >= 0.6 is 11.8 Å². The van der Waals surface area contributed by atoms with Crippen molar-refractivity contribution in [3.63, 3.8) is 0 Å². The Bertz CT molecular complexity index is 304. The van der Waals surface area contributed by atoms with Gasteiger partial charge in [0.25, 0.3) is 0 Å². The number of nitrogens with one attached hydrogen (secondary N) is 1. The molecule has 0 aliphatic rings. The van der Waals surface area contributed by atoms with Crippen LogP contribution in [0.2, 0.25) is 0 Å². The Kier molecular flexibility index (Phi) is 8.14. The Labute approximate surface area is 109 Å². The van der Waals surface area contributed by atoms with Crippen molar-refractivity contribution < 1.29 is 5.11 Å². The minimum absolute atomic E-state index is 0.307. The molecule has 0 amide bonds. The zero-order chi connectivity index (χ0) is 12.3. The van der Waals surface area contributed by atoms with Crippen LogP contribution in [0.1, 0.15) is 31.7 Å². The number of unbranched alkanes of at least 4 members (excludes halogenated alkanes) is 1. The first-order valence-electron chi connectivity index (χ1n) is 6.40. The molecule has 1 aromatic carbocycles. The molecule has 1 aromatic rings. The number of benzene rings is 1. The predicted octanol–water partition coefficient (Wildman–Crippen LogP) is 3.05. The topological polar surface area (TPSA) is 32.3 Å². The molecule has 17 heavy (non-hydrogen) atoms. The molecule has 0 fully saturated rings. The molecule has 0 unspecified atom stereocenters. The third-order valence-electron chi connectivity index (χ3n) is 2.48. The van der Waals surface area contributed by atoms with Gasteiger partial charge in [-0.25, -0.2) is 0 Å². The van der Waals surface area contributed by atoms with E-state index in [-0.39, 0.29) is 0 Å². The van der Waals surface area contributed by atoms with Crippen LogP contribution in [0.25, 0.3) is 0 Å². The Morgan fingerprint density at radius 2 is 2.18 bits per heavy atom. The maximum atomic E-state index is 8.71. The fraction of sp³-hybridized carbons (Fsp3) is 0.571. The average molecular weight is 253 g/mol. The van der Waals surface area contributed by atoms with E-state index in [0.717, 1.165) is 31.7 Å². The van der Waals surface area contributed by atoms with E-state index in [0.29, 0.717) is 6.61 Å². The first-order valence-corrected chi connectivity index (χ1v) is 7.38. The molecule has 3 heteroatoms. The van der Waals surface area contributed by atoms with E-state index in [9.17, 15) is 0 Å². The summed E-state index contributed by atoms with van der Waals surface area (Å²) in [4.78, 5) is 1.33. The van der Waals surface area contributed by atoms with Crippen LogP contribution in [-0.4, -0.2) is 24.0 Å². The van der Waals surface area contributed by atoms with Gasteiger partial charge in [0, 0.05) is 18.0 Å². The number of rotatable bonds is 9. The van der Waals surface area contributed by atoms with Crippen molar-refractivity contribution in [2.24, 2.45) is 0 Å². The largest absolute Gasteiger partial charge is 0.396 e. The summed E-state index contributed by atoms with van der Waals surface area (Å²) in [5.74, 6) is 1.09. The summed E-state index contributed by atoms with van der Waals surface area (Å²) in [5, 5.41) is 12.1. The molecule has 0 bridgehead atoms. The number of hydrogen-bond donors (Lipinski definition) is 2. The van der Waals surface area contributed by atoms with Crippen LogP contribution in [0.5, 0.6) is 0 Å². The molecule has 0 heterocycles. The number of aliphatic hydroxyl groups excluding tert-OH is 1. The molecule has 0 aliphatic heterocycles. The van der Waals surface area contributed by atoms with Crippen molar-refractivity contribution in [2.45, 2.75) is 37.6 Å². The van der Waals surface area contributed by atoms with Gasteiger partial charge < -0.3 is 10.4 Å². The highest BCUT2D eigenvalue weighted by atomic mass is 32.2. The van der Waals surface area contributed by atoms with Crippen LogP contribution < -0.4 is 5.32 Å². The smallest absolute Gasteiger partial charge is 0.0431 e. The highest BCUT2D eigenvalue weighted by Crippen LogP contribution is 2.20. The number of aliphatic hydroxyl groups is 1. The second-order valence-electron chi connectivity index (χ2n) is 4.10. The minimum Gasteiger partial charge on any atom is -0.396 e. The molecule has 0 aliphatic carbocycles. The van der Waals surface area contributed by atoms with Crippen molar-refractivity contribution >= 4 is 11.8 Å². The molecular weight excluding hydrogens is 230 g/mol. The fourth-order valence-corrected chi connectivity index (χ4v) is 2.55. The Morgan fingerprint density at radius 3 is 2.94 bits per heavy atom. The van der Waals surface area contributed by atoms with Crippen molar-refractivity contribution in [1.82, 2.24) is 5.32 Å². The van der Waals surface area contributed by atoms with Crippen molar-refractivity contribution in [2.75, 3.05) is 18.9 Å². The fourth-order valence-electron chi connectivity index (χ4n) is 1.56. The van der Waals surface area contributed by atoms with Gasteiger partial charge in [0.2, 0.25) is 0 Å². The van der Waals surface area contributed by atoms with Gasteiger partial charge in [-0.05, 0) is 49.3 Å². The monoisotopic (exact) mass is 253 g/mol. The van der Waals surface area contributed by atoms with Gasteiger partial charge in [0.05, 0.1) is 0 Å². The summed E-state index contributed by atoms with van der Waals surface area (Å²) in [5.41, 5.74) is 1.35. The summed E-state index contributed by atoms with van der Waals surface area (Å²) in [7, 11) is 0. The normalized spacial score (nSPS) is 10.7. The van der Waals surface area contributed by atoms with Crippen molar-refractivity contribution in [3.8, 4) is 0 Å². The SMILES string of the molecule is CCCNCc1cccc(SCCCCO)c1. The minimum atomic E-state index is 0.307. The van der Waals surface area contributed by atoms with Crippen LogP contribution in [-0.2, 0) is 6.54 Å². The summed E-state index contributed by atoms with van der Waals surface area (Å²) < 4.78 is 0. The van der Waals surface area contributed by atoms with E-state index in [4.69, 9.17) is 5.11 Å². The van der Waals surface area contributed by atoms with Crippen LogP contribution in [0.4, 0.5) is 0 Å². The molecule has 96 valence electrons. The summed E-state index contributed by atoms with van der Waals surface area (Å²) in [6.07, 6.45) is 3.17. The summed E-state index contributed by atoms with van der Waals surface area (Å²) >= 11 is 1.87. The van der Waals surface area contributed by atoms with Crippen molar-refractivity contribution in [1.29, 1.82) is 0 Å². The zero-order valence-corrected chi connectivity index (χ0v) is 11.4. The lowest BCUT2D eigenvalue weighted by atomic mass is 10.2. The maximum absolute atomic E-state index is 8.71. The zero-order valence-electron chi connectivity index (χ0n) is 10.6. The number of thioether (sulfide) groups is 1. The van der Waals surface area contributed by atoms with Gasteiger partial charge in [0.15, 0.2) is 0 Å². The van der Waals surface area contributed by atoms with Gasteiger partial charge in [-0.1, -0.05) is 19.1 Å². The summed E-state index contributed by atoms with van der Waals surface area (Å²) in [6.45, 7) is 4.52. The quantitative estimate of drug-likeness (QED) is 0.524. The first-order chi connectivity index (χ1) is 8.36. The molecule has 2 N–H and O–H groups in total. The van der Waals surface area contributed by atoms with Crippen molar-refractivity contribution in [3.05, 3.63) is 29.8 Å². The second kappa shape index (κ2) is 9.51. The molecule has 0 aromatic heterocycles. The predicted molar refractivity (Wildman–Crippen MR) is 75.5 cm³/mol. The van der Waals surface area contributed by atoms with Crippen LogP contribution in [0.15, 0.2) is 29.2 Å². The van der Waals surface area contributed by atoms with Gasteiger partial charge >= 0.3 is 0 Å². The third kappa shape index (κ3) is 6.71. The lowest BCUT2D eigenvalue weighted by molar-refractivity contribution is 0.287. The Balaban J connectivity index is 2.31. The Morgan fingerprint density at radius 1 is 1.29 bits per heavy atom. The molecule has 0 spiro atoms. The molecule has 1 rings (SSSR count). The van der Waals surface area contributed by atoms with E-state index in [1.165, 1.54) is 16.9 Å². The highest BCUT2D eigenvalue weighted by molar-refractivity contribution is 7.99. The van der Waals surface area contributed by atoms with Gasteiger partial charge in [-0.2, -0.15) is 0 Å². The van der Waals surface area contributed by atoms with Gasteiger partial charge in [0.1, 0.15) is 0 Å². The van der Waals surface area contributed by atoms with E-state index >= 15 is 0 Å². The Hall–Kier alpha value is -0.510.